The van der Waals surface area contributed by atoms with Gasteiger partial charge in [0.05, 0.1) is 30.2 Å². The number of allylic oxidation sites excluding steroid dienone is 2. The zero-order valence-corrected chi connectivity index (χ0v) is 14.3. The lowest BCUT2D eigenvalue weighted by Crippen LogP contribution is -2.35. The van der Waals surface area contributed by atoms with Crippen molar-refractivity contribution in [3.8, 4) is 0 Å². The van der Waals surface area contributed by atoms with Crippen LogP contribution in [-0.2, 0) is 14.3 Å². The number of aliphatic carboxylic acids is 1. The predicted octanol–water partition coefficient (Wildman–Crippen LogP) is 3.23. The van der Waals surface area contributed by atoms with Crippen molar-refractivity contribution in [1.82, 2.24) is 0 Å². The van der Waals surface area contributed by atoms with Crippen LogP contribution in [0.3, 0.4) is 0 Å². The molecule has 0 aliphatic heterocycles. The quantitative estimate of drug-likeness (QED) is 0.650. The first kappa shape index (κ1) is 17.7. The summed E-state index contributed by atoms with van der Waals surface area (Å²) in [6, 6.07) is 10.8. The Morgan fingerprint density at radius 2 is 1.65 bits per heavy atom. The van der Waals surface area contributed by atoms with Crippen LogP contribution in [0.4, 0.5) is 5.69 Å². The smallest absolute Gasteiger partial charge is 0.339 e. The molecule has 0 saturated heterocycles. The van der Waals surface area contributed by atoms with E-state index in [2.05, 4.69) is 5.32 Å². The highest BCUT2D eigenvalue weighted by molar-refractivity contribution is 6.06. The molecule has 0 saturated carbocycles. The summed E-state index contributed by atoms with van der Waals surface area (Å²) in [5.74, 6) is -3.44. The second-order valence-electron chi connectivity index (χ2n) is 6.22. The Kier molecular flexibility index (Phi) is 5.02. The number of esters is 1. The van der Waals surface area contributed by atoms with E-state index in [1.165, 1.54) is 7.11 Å². The zero-order chi connectivity index (χ0) is 18.7. The van der Waals surface area contributed by atoms with E-state index >= 15 is 0 Å². The summed E-state index contributed by atoms with van der Waals surface area (Å²) in [5.41, 5.74) is 0.553. The number of hydrogen-bond donors (Lipinski definition) is 2. The summed E-state index contributed by atoms with van der Waals surface area (Å²) in [6.45, 7) is 0. The maximum atomic E-state index is 12.7. The van der Waals surface area contributed by atoms with Gasteiger partial charge in [0.2, 0.25) is 5.91 Å². The average molecular weight is 353 g/mol. The van der Waals surface area contributed by atoms with Crippen LogP contribution in [0.1, 0.15) is 23.2 Å². The van der Waals surface area contributed by atoms with Crippen LogP contribution in [0.5, 0.6) is 0 Å². The summed E-state index contributed by atoms with van der Waals surface area (Å²) >= 11 is 0. The maximum absolute atomic E-state index is 12.7. The minimum atomic E-state index is -0.999. The second kappa shape index (κ2) is 7.39. The average Bonchev–Trinajstić information content (AvgIpc) is 2.66. The highest BCUT2D eigenvalue weighted by atomic mass is 16.5. The minimum Gasteiger partial charge on any atom is -0.481 e. The third kappa shape index (κ3) is 3.44. The standard InChI is InChI=1S/C20H19NO5/c1-26-20(25)16-10-12-6-2-3-7-13(12)11-17(16)21-18(22)14-8-4-5-9-15(14)19(23)24/h2-7,10-11,14-15H,8-9H2,1H3,(H,21,22)(H,23,24)/t14-,15-/m1/s1. The van der Waals surface area contributed by atoms with E-state index in [9.17, 15) is 19.5 Å². The second-order valence-corrected chi connectivity index (χ2v) is 6.22. The molecule has 1 aliphatic carbocycles. The van der Waals surface area contributed by atoms with Gasteiger partial charge in [-0.3, -0.25) is 9.59 Å². The molecular formula is C20H19NO5. The Labute approximate surface area is 150 Å². The van der Waals surface area contributed by atoms with Gasteiger partial charge in [-0.25, -0.2) is 4.79 Å². The molecule has 2 aromatic carbocycles. The van der Waals surface area contributed by atoms with Crippen LogP contribution in [0.2, 0.25) is 0 Å². The van der Waals surface area contributed by atoms with Crippen molar-refractivity contribution in [3.63, 3.8) is 0 Å². The molecule has 0 spiro atoms. The Hall–Kier alpha value is -3.15. The van der Waals surface area contributed by atoms with Crippen LogP contribution in [0.15, 0.2) is 48.6 Å². The van der Waals surface area contributed by atoms with E-state index in [0.29, 0.717) is 18.5 Å². The number of carboxylic acids is 1. The molecule has 6 nitrogen and oxygen atoms in total. The van der Waals surface area contributed by atoms with Gasteiger partial charge in [-0.2, -0.15) is 0 Å². The number of rotatable bonds is 4. The lowest BCUT2D eigenvalue weighted by Gasteiger charge is -2.24. The van der Waals surface area contributed by atoms with Gasteiger partial charge in [0.15, 0.2) is 0 Å². The predicted molar refractivity (Wildman–Crippen MR) is 96.9 cm³/mol. The van der Waals surface area contributed by atoms with Crippen molar-refractivity contribution in [1.29, 1.82) is 0 Å². The molecule has 2 aromatic rings. The molecule has 0 bridgehead atoms. The van der Waals surface area contributed by atoms with Gasteiger partial charge in [-0.05, 0) is 35.7 Å². The molecule has 3 rings (SSSR count). The van der Waals surface area contributed by atoms with Gasteiger partial charge in [-0.1, -0.05) is 36.4 Å². The number of carbonyl (C=O) groups is 3. The third-order valence-electron chi connectivity index (χ3n) is 4.64. The molecule has 0 unspecified atom stereocenters. The number of fused-ring (bicyclic) bond motifs is 1. The van der Waals surface area contributed by atoms with Gasteiger partial charge in [0.25, 0.3) is 0 Å². The SMILES string of the molecule is COC(=O)c1cc2ccccc2cc1NC(=O)[C@@H]1CC=CC[C@H]1C(=O)O. The highest BCUT2D eigenvalue weighted by Gasteiger charge is 2.34. The van der Waals surface area contributed by atoms with Crippen LogP contribution < -0.4 is 5.32 Å². The molecule has 134 valence electrons. The number of nitrogens with one attached hydrogen (secondary N) is 1. The lowest BCUT2D eigenvalue weighted by molar-refractivity contribution is -0.146. The van der Waals surface area contributed by atoms with Gasteiger partial charge in [-0.15, -0.1) is 0 Å². The molecule has 2 N–H and O–H groups in total. The van der Waals surface area contributed by atoms with Crippen LogP contribution in [-0.4, -0.2) is 30.1 Å². The number of methoxy groups -OCH3 is 1. The van der Waals surface area contributed by atoms with E-state index in [-0.39, 0.29) is 5.56 Å². The number of carboxylic acid groups (broad SMARTS) is 1. The number of anilines is 1. The maximum Gasteiger partial charge on any atom is 0.339 e. The summed E-state index contributed by atoms with van der Waals surface area (Å²) < 4.78 is 4.82. The number of amides is 1. The van der Waals surface area contributed by atoms with Crippen molar-refractivity contribution in [3.05, 3.63) is 54.1 Å². The lowest BCUT2D eigenvalue weighted by atomic mass is 9.82. The van der Waals surface area contributed by atoms with Crippen LogP contribution in [0.25, 0.3) is 10.8 Å². The van der Waals surface area contributed by atoms with Gasteiger partial charge in [0.1, 0.15) is 0 Å². The van der Waals surface area contributed by atoms with Crippen molar-refractivity contribution >= 4 is 34.3 Å². The summed E-state index contributed by atoms with van der Waals surface area (Å²) in [5, 5.41) is 13.8. The molecule has 0 aromatic heterocycles. The van der Waals surface area contributed by atoms with Crippen LogP contribution in [0, 0.1) is 11.8 Å². The zero-order valence-electron chi connectivity index (χ0n) is 14.3. The molecule has 2 atom stereocenters. The third-order valence-corrected chi connectivity index (χ3v) is 4.64. The molecule has 26 heavy (non-hydrogen) atoms. The molecule has 0 radical (unpaired) electrons. The largest absolute Gasteiger partial charge is 0.481 e. The van der Waals surface area contributed by atoms with Crippen molar-refractivity contribution in [2.75, 3.05) is 12.4 Å². The van der Waals surface area contributed by atoms with E-state index in [4.69, 9.17) is 4.74 Å². The molecule has 1 amide bonds. The Bertz CT molecular complexity index is 902. The summed E-state index contributed by atoms with van der Waals surface area (Å²) in [4.78, 5) is 36.3. The van der Waals surface area contributed by atoms with E-state index < -0.39 is 29.7 Å². The Morgan fingerprint density at radius 1 is 1.04 bits per heavy atom. The fourth-order valence-electron chi connectivity index (χ4n) is 3.22. The van der Waals surface area contributed by atoms with Gasteiger partial charge < -0.3 is 15.2 Å². The van der Waals surface area contributed by atoms with E-state index in [1.807, 2.05) is 30.3 Å². The number of ether oxygens (including phenoxy) is 1. The molecule has 1 aliphatic rings. The molecule has 0 fully saturated rings. The monoisotopic (exact) mass is 353 g/mol. The van der Waals surface area contributed by atoms with Gasteiger partial charge in [0, 0.05) is 0 Å². The number of carbonyl (C=O) groups excluding carboxylic acids is 2. The number of hydrogen-bond acceptors (Lipinski definition) is 4. The molecule has 6 heteroatoms. The molecule has 0 heterocycles. The fourth-order valence-corrected chi connectivity index (χ4v) is 3.22. The minimum absolute atomic E-state index is 0.234. The summed E-state index contributed by atoms with van der Waals surface area (Å²) in [6.07, 6.45) is 4.25. The number of benzene rings is 2. The van der Waals surface area contributed by atoms with Crippen molar-refractivity contribution in [2.45, 2.75) is 12.8 Å². The first-order valence-electron chi connectivity index (χ1n) is 8.31. The van der Waals surface area contributed by atoms with Crippen LogP contribution >= 0.6 is 0 Å². The highest BCUT2D eigenvalue weighted by Crippen LogP contribution is 2.30. The van der Waals surface area contributed by atoms with Crippen molar-refractivity contribution in [2.24, 2.45) is 11.8 Å². The summed E-state index contributed by atoms with van der Waals surface area (Å²) in [7, 11) is 1.27. The van der Waals surface area contributed by atoms with Gasteiger partial charge >= 0.3 is 11.9 Å². The van der Waals surface area contributed by atoms with E-state index in [1.54, 1.807) is 18.2 Å². The molecular weight excluding hydrogens is 334 g/mol. The fraction of sp³-hybridized carbons (Fsp3) is 0.250. The first-order valence-corrected chi connectivity index (χ1v) is 8.31. The Balaban J connectivity index is 1.96. The normalized spacial score (nSPS) is 19.1. The first-order chi connectivity index (χ1) is 12.5. The van der Waals surface area contributed by atoms with Crippen molar-refractivity contribution < 1.29 is 24.2 Å². The van der Waals surface area contributed by atoms with E-state index in [0.717, 1.165) is 10.8 Å². The topological polar surface area (TPSA) is 92.7 Å². The Morgan fingerprint density at radius 3 is 2.27 bits per heavy atom.